The first-order valence-electron chi connectivity index (χ1n) is 8.41. The summed E-state index contributed by atoms with van der Waals surface area (Å²) in [6.07, 6.45) is 0. The molecule has 0 bridgehead atoms. The smallest absolute Gasteiger partial charge is 0.347 e. The van der Waals surface area contributed by atoms with Crippen LogP contribution in [0.4, 0.5) is 10.5 Å². The van der Waals surface area contributed by atoms with Crippen LogP contribution in [0, 0.1) is 11.3 Å². The van der Waals surface area contributed by atoms with Crippen LogP contribution in [0.5, 0.6) is 11.6 Å². The molecule has 1 aliphatic rings. The lowest BCUT2D eigenvalue weighted by atomic mass is 10.1. The number of amides is 2. The third-order valence-electron chi connectivity index (χ3n) is 4.09. The van der Waals surface area contributed by atoms with E-state index in [-0.39, 0.29) is 50.9 Å². The summed E-state index contributed by atoms with van der Waals surface area (Å²) in [5.41, 5.74) is -0.00697. The van der Waals surface area contributed by atoms with E-state index in [2.05, 4.69) is 27.2 Å². The molecule has 30 heavy (non-hydrogen) atoms. The summed E-state index contributed by atoms with van der Waals surface area (Å²) in [6.45, 7) is 4.97. The van der Waals surface area contributed by atoms with Gasteiger partial charge in [-0.15, -0.1) is 5.10 Å². The summed E-state index contributed by atoms with van der Waals surface area (Å²) < 4.78 is 5.61. The van der Waals surface area contributed by atoms with Gasteiger partial charge in [0.05, 0.1) is 21.4 Å². The van der Waals surface area contributed by atoms with E-state index >= 15 is 0 Å². The van der Waals surface area contributed by atoms with Gasteiger partial charge in [-0.25, -0.2) is 9.89 Å². The molecule has 1 aromatic heterocycles. The fraction of sp³-hybridized carbons (Fsp3) is 0.167. The highest BCUT2D eigenvalue weighted by Gasteiger charge is 2.26. The average Bonchev–Trinajstić information content (AvgIpc) is 2.71. The molecule has 0 radical (unpaired) electrons. The molecule has 0 aliphatic carbocycles. The third kappa shape index (κ3) is 4.13. The summed E-state index contributed by atoms with van der Waals surface area (Å²) in [4.78, 5) is 24.0. The Bertz CT molecular complexity index is 1150. The number of carbonyl (C=O) groups excluding carboxylic acids is 1. The highest BCUT2D eigenvalue weighted by molar-refractivity contribution is 6.37. The molecule has 154 valence electrons. The first kappa shape index (κ1) is 21.3. The van der Waals surface area contributed by atoms with Gasteiger partial charge < -0.3 is 15.2 Å². The summed E-state index contributed by atoms with van der Waals surface area (Å²) in [6, 6.07) is 5.26. The van der Waals surface area contributed by atoms with Crippen molar-refractivity contribution < 1.29 is 14.6 Å². The minimum atomic E-state index is -0.648. The van der Waals surface area contributed by atoms with Crippen LogP contribution >= 0.6 is 23.2 Å². The van der Waals surface area contributed by atoms with Gasteiger partial charge >= 0.3 is 6.03 Å². The van der Waals surface area contributed by atoms with Gasteiger partial charge in [0.2, 0.25) is 5.88 Å². The Hall–Kier alpha value is -3.39. The van der Waals surface area contributed by atoms with Crippen molar-refractivity contribution in [2.75, 3.05) is 11.6 Å². The van der Waals surface area contributed by atoms with Crippen LogP contribution in [0.3, 0.4) is 0 Å². The van der Waals surface area contributed by atoms with E-state index in [1.165, 1.54) is 18.2 Å². The Morgan fingerprint density at radius 1 is 1.33 bits per heavy atom. The second kappa shape index (κ2) is 8.54. The van der Waals surface area contributed by atoms with Crippen LogP contribution in [-0.4, -0.2) is 33.7 Å². The fourth-order valence-corrected chi connectivity index (χ4v) is 3.05. The minimum Gasteiger partial charge on any atom is -0.434 e. The van der Waals surface area contributed by atoms with Crippen LogP contribution in [-0.2, 0) is 0 Å². The second-order valence-corrected chi connectivity index (χ2v) is 7.01. The van der Waals surface area contributed by atoms with Gasteiger partial charge in [0, 0.05) is 24.2 Å². The van der Waals surface area contributed by atoms with Crippen LogP contribution in [0.1, 0.15) is 18.4 Å². The highest BCUT2D eigenvalue weighted by atomic mass is 35.5. The number of ether oxygens (including phenoxy) is 1. The molecule has 12 heteroatoms. The maximum Gasteiger partial charge on any atom is 0.347 e. The normalized spacial score (nSPS) is 14.6. The number of nitrogens with zero attached hydrogens (tertiary/aromatic N) is 4. The molecule has 3 N–H and O–H groups in total. The molecule has 0 spiro atoms. The maximum absolute atomic E-state index is 12.2. The molecular formula is C18H14Cl2N6O4. The third-order valence-corrected chi connectivity index (χ3v) is 4.65. The Labute approximate surface area is 180 Å². The van der Waals surface area contributed by atoms with Crippen molar-refractivity contribution >= 4 is 40.6 Å². The van der Waals surface area contributed by atoms with Crippen LogP contribution in [0.25, 0.3) is 0 Å². The number of nitrogens with one attached hydrogen (secondary N) is 2. The van der Waals surface area contributed by atoms with Crippen LogP contribution in [0.15, 0.2) is 40.4 Å². The number of hydrogen-bond donors (Lipinski definition) is 3. The molecule has 1 atom stereocenters. The number of H-pyrrole nitrogens is 1. The molecule has 10 nitrogen and oxygen atoms in total. The molecule has 0 saturated heterocycles. The zero-order valence-corrected chi connectivity index (χ0v) is 17.0. The molecule has 0 saturated carbocycles. The van der Waals surface area contributed by atoms with E-state index in [0.717, 1.165) is 5.01 Å². The first-order valence-corrected chi connectivity index (χ1v) is 9.17. The van der Waals surface area contributed by atoms with Crippen molar-refractivity contribution in [3.63, 3.8) is 0 Å². The number of carbonyl (C=O) groups is 1. The lowest BCUT2D eigenvalue weighted by Crippen LogP contribution is -2.42. The lowest BCUT2D eigenvalue weighted by molar-refractivity contribution is 0.248. The van der Waals surface area contributed by atoms with Crippen molar-refractivity contribution in [1.29, 1.82) is 5.26 Å². The number of anilines is 1. The number of aromatic amines is 1. The lowest BCUT2D eigenvalue weighted by Gasteiger charge is -2.24. The summed E-state index contributed by atoms with van der Waals surface area (Å²) in [5.74, 6) is -0.416. The zero-order valence-electron chi connectivity index (χ0n) is 15.4. The molecule has 1 aliphatic heterocycles. The molecule has 2 heterocycles. The van der Waals surface area contributed by atoms with E-state index in [4.69, 9.17) is 33.2 Å². The molecule has 2 amide bonds. The number of aliphatic hydroxyl groups is 1. The Morgan fingerprint density at radius 2 is 2.00 bits per heavy atom. The van der Waals surface area contributed by atoms with Crippen LogP contribution < -0.4 is 20.6 Å². The van der Waals surface area contributed by atoms with Gasteiger partial charge in [-0.1, -0.05) is 36.7 Å². The van der Waals surface area contributed by atoms with E-state index in [1.54, 1.807) is 6.92 Å². The molecular weight excluding hydrogens is 435 g/mol. The number of aliphatic hydroxyl groups excluding tert-OH is 1. The number of allylic oxidation sites excluding steroid dienone is 1. The monoisotopic (exact) mass is 448 g/mol. The topological polar surface area (TPSA) is 144 Å². The van der Waals surface area contributed by atoms with Crippen molar-refractivity contribution in [2.24, 2.45) is 5.10 Å². The molecule has 3 rings (SSSR count). The number of hydrogen-bond acceptors (Lipinski definition) is 7. The highest BCUT2D eigenvalue weighted by Crippen LogP contribution is 2.40. The number of urea groups is 1. The van der Waals surface area contributed by atoms with E-state index in [9.17, 15) is 14.7 Å². The van der Waals surface area contributed by atoms with E-state index in [1.807, 2.05) is 6.07 Å². The predicted octanol–water partition coefficient (Wildman–Crippen LogP) is 2.89. The number of benzene rings is 1. The van der Waals surface area contributed by atoms with Crippen molar-refractivity contribution in [2.45, 2.75) is 12.8 Å². The van der Waals surface area contributed by atoms with E-state index < -0.39 is 17.5 Å². The number of nitriles is 1. The minimum absolute atomic E-state index is 0.00162. The van der Waals surface area contributed by atoms with Gasteiger partial charge in [-0.2, -0.15) is 15.4 Å². The van der Waals surface area contributed by atoms with Gasteiger partial charge in [0.25, 0.3) is 5.56 Å². The second-order valence-electron chi connectivity index (χ2n) is 6.20. The Balaban J connectivity index is 1.96. The van der Waals surface area contributed by atoms with Crippen molar-refractivity contribution in [1.82, 2.24) is 15.5 Å². The fourth-order valence-electron chi connectivity index (χ4n) is 2.50. The van der Waals surface area contributed by atoms with Crippen molar-refractivity contribution in [3.05, 3.63) is 56.4 Å². The van der Waals surface area contributed by atoms with Gasteiger partial charge in [-0.3, -0.25) is 4.79 Å². The quantitative estimate of drug-likeness (QED) is 0.641. The largest absolute Gasteiger partial charge is 0.434 e. The van der Waals surface area contributed by atoms with E-state index in [0.29, 0.717) is 0 Å². The van der Waals surface area contributed by atoms with Gasteiger partial charge in [0.1, 0.15) is 6.07 Å². The van der Waals surface area contributed by atoms with Gasteiger partial charge in [-0.05, 0) is 12.1 Å². The standard InChI is InChI=1S/C18H14Cl2N6O4/c1-8(7-27)11-5-15(23-24-17(11)28)30-16-12(19)3-10(4-13(16)20)26-18(29)22-9(2)14(6-21)25-26/h3-5,8,27H,2,7H2,1H3,(H,22,29)(H,24,28). The molecule has 1 unspecified atom stereocenters. The Morgan fingerprint density at radius 3 is 2.60 bits per heavy atom. The predicted molar refractivity (Wildman–Crippen MR) is 110 cm³/mol. The maximum atomic E-state index is 12.2. The number of hydrazone groups is 1. The van der Waals surface area contributed by atoms with Crippen LogP contribution in [0.2, 0.25) is 10.0 Å². The molecule has 0 fully saturated rings. The summed E-state index contributed by atoms with van der Waals surface area (Å²) in [5, 5.41) is 31.7. The summed E-state index contributed by atoms with van der Waals surface area (Å²) in [7, 11) is 0. The molecule has 2 aromatic rings. The number of halogens is 2. The number of aromatic nitrogens is 2. The number of rotatable bonds is 5. The average molecular weight is 449 g/mol. The Kier molecular flexibility index (Phi) is 6.07. The SMILES string of the molecule is C=C1NC(=O)N(c2cc(Cl)c(Oc3cc(C(C)CO)c(=O)[nH]n3)c(Cl)c2)N=C1C#N. The zero-order chi connectivity index (χ0) is 22.0. The van der Waals surface area contributed by atoms with Crippen molar-refractivity contribution in [3.8, 4) is 17.7 Å². The summed E-state index contributed by atoms with van der Waals surface area (Å²) >= 11 is 12.5. The molecule has 1 aromatic carbocycles. The first-order chi connectivity index (χ1) is 14.2. The van der Waals surface area contributed by atoms with Gasteiger partial charge in [0.15, 0.2) is 11.5 Å².